The number of carbonyl (C=O) groups excluding carboxylic acids is 1. The summed E-state index contributed by atoms with van der Waals surface area (Å²) < 4.78 is 1.55. The molecule has 1 amide bonds. The summed E-state index contributed by atoms with van der Waals surface area (Å²) in [5, 5.41) is 0. The van der Waals surface area contributed by atoms with E-state index in [1.807, 2.05) is 68.1 Å². The lowest BCUT2D eigenvalue weighted by Crippen LogP contribution is -2.37. The summed E-state index contributed by atoms with van der Waals surface area (Å²) in [7, 11) is 0. The van der Waals surface area contributed by atoms with Crippen molar-refractivity contribution < 1.29 is 4.79 Å². The van der Waals surface area contributed by atoms with E-state index in [1.54, 1.807) is 16.7 Å². The van der Waals surface area contributed by atoms with E-state index in [1.165, 1.54) is 11.8 Å². The van der Waals surface area contributed by atoms with Crippen molar-refractivity contribution in [3.63, 3.8) is 0 Å². The Labute approximate surface area is 169 Å². The molecule has 1 aromatic carbocycles. The quantitative estimate of drug-likeness (QED) is 0.612. The van der Waals surface area contributed by atoms with Crippen molar-refractivity contribution in [1.29, 1.82) is 0 Å². The van der Waals surface area contributed by atoms with Gasteiger partial charge in [0, 0.05) is 30.6 Å². The Bertz CT molecular complexity index is 1020. The van der Waals surface area contributed by atoms with Crippen molar-refractivity contribution in [3.8, 4) is 0 Å². The number of aryl methyl sites for hydroxylation is 1. The number of rotatable bonds is 7. The number of carbonyl (C=O) groups is 1. The maximum Gasteiger partial charge on any atom is 0.258 e. The summed E-state index contributed by atoms with van der Waals surface area (Å²) in [4.78, 5) is 31.4. The van der Waals surface area contributed by atoms with Gasteiger partial charge in [0.05, 0.1) is 11.4 Å². The van der Waals surface area contributed by atoms with Crippen LogP contribution in [0.1, 0.15) is 30.7 Å². The third kappa shape index (κ3) is 5.01. The van der Waals surface area contributed by atoms with Crippen molar-refractivity contribution in [3.05, 3.63) is 81.9 Å². The minimum Gasteiger partial charge on any atom is -0.335 e. The molecule has 3 aromatic rings. The molecule has 0 saturated carbocycles. The Morgan fingerprint density at radius 3 is 2.64 bits per heavy atom. The zero-order chi connectivity index (χ0) is 20.1. The first kappa shape index (κ1) is 20.1. The number of hydrogen-bond acceptors (Lipinski definition) is 4. The number of benzene rings is 1. The summed E-state index contributed by atoms with van der Waals surface area (Å²) in [6.07, 6.45) is 1.79. The van der Waals surface area contributed by atoms with Gasteiger partial charge in [-0.3, -0.25) is 14.0 Å². The third-order valence-electron chi connectivity index (χ3n) is 4.48. The fraction of sp³-hybridized carbons (Fsp3) is 0.318. The predicted molar refractivity (Wildman–Crippen MR) is 114 cm³/mol. The van der Waals surface area contributed by atoms with Crippen LogP contribution in [0.25, 0.3) is 5.65 Å². The fourth-order valence-corrected chi connectivity index (χ4v) is 3.80. The normalized spacial score (nSPS) is 11.1. The maximum absolute atomic E-state index is 12.7. The maximum atomic E-state index is 12.7. The Kier molecular flexibility index (Phi) is 6.52. The molecule has 0 aliphatic heterocycles. The van der Waals surface area contributed by atoms with E-state index < -0.39 is 0 Å². The Morgan fingerprint density at radius 1 is 1.18 bits per heavy atom. The molecule has 0 aliphatic carbocycles. The van der Waals surface area contributed by atoms with Crippen molar-refractivity contribution in [2.24, 2.45) is 0 Å². The van der Waals surface area contributed by atoms with Crippen LogP contribution in [0.5, 0.6) is 0 Å². The molecule has 0 fully saturated rings. The zero-order valence-corrected chi connectivity index (χ0v) is 17.3. The largest absolute Gasteiger partial charge is 0.335 e. The molecule has 0 spiro atoms. The van der Waals surface area contributed by atoms with Gasteiger partial charge in [0.2, 0.25) is 5.91 Å². The van der Waals surface area contributed by atoms with Gasteiger partial charge in [0.1, 0.15) is 5.65 Å². The number of thioether (sulfide) groups is 1. The van der Waals surface area contributed by atoms with Gasteiger partial charge in [-0.2, -0.15) is 0 Å². The lowest BCUT2D eigenvalue weighted by atomic mass is 10.2. The third-order valence-corrected chi connectivity index (χ3v) is 5.43. The molecule has 0 saturated heterocycles. The molecule has 3 rings (SSSR count). The van der Waals surface area contributed by atoms with Crippen LogP contribution in [0.3, 0.4) is 0 Å². The molecule has 0 bridgehead atoms. The highest BCUT2D eigenvalue weighted by atomic mass is 32.2. The van der Waals surface area contributed by atoms with E-state index in [2.05, 4.69) is 4.98 Å². The highest BCUT2D eigenvalue weighted by molar-refractivity contribution is 7.99. The van der Waals surface area contributed by atoms with E-state index in [-0.39, 0.29) is 17.5 Å². The van der Waals surface area contributed by atoms with Gasteiger partial charge >= 0.3 is 0 Å². The second kappa shape index (κ2) is 9.06. The molecule has 0 radical (unpaired) electrons. The molecule has 0 N–H and O–H groups in total. The van der Waals surface area contributed by atoms with Gasteiger partial charge in [0.15, 0.2) is 0 Å². The number of pyridine rings is 1. The van der Waals surface area contributed by atoms with Gasteiger partial charge in [-0.1, -0.05) is 36.4 Å². The van der Waals surface area contributed by atoms with Gasteiger partial charge < -0.3 is 4.90 Å². The van der Waals surface area contributed by atoms with Crippen molar-refractivity contribution in [2.45, 2.75) is 39.1 Å². The molecule has 2 heterocycles. The lowest BCUT2D eigenvalue weighted by Gasteiger charge is -2.27. The molecule has 5 nitrogen and oxygen atoms in total. The average molecular weight is 396 g/mol. The highest BCUT2D eigenvalue weighted by Gasteiger charge is 2.17. The van der Waals surface area contributed by atoms with Crippen LogP contribution in [0, 0.1) is 6.92 Å². The van der Waals surface area contributed by atoms with Gasteiger partial charge in [-0.05, 0) is 38.0 Å². The Hall–Kier alpha value is -2.60. The Morgan fingerprint density at radius 2 is 1.93 bits per heavy atom. The number of amides is 1. The molecule has 28 heavy (non-hydrogen) atoms. The summed E-state index contributed by atoms with van der Waals surface area (Å²) in [6, 6.07) is 15.5. The molecule has 0 atom stereocenters. The number of fused-ring (bicyclic) bond motifs is 1. The molecule has 0 unspecified atom stereocenters. The Balaban J connectivity index is 1.63. The second-order valence-corrected chi connectivity index (χ2v) is 8.10. The molecule has 0 aliphatic rings. The zero-order valence-electron chi connectivity index (χ0n) is 16.5. The average Bonchev–Trinajstić information content (AvgIpc) is 2.67. The van der Waals surface area contributed by atoms with E-state index in [0.29, 0.717) is 29.4 Å². The van der Waals surface area contributed by atoms with Crippen LogP contribution in [-0.4, -0.2) is 32.0 Å². The van der Waals surface area contributed by atoms with Crippen LogP contribution in [-0.2, 0) is 17.1 Å². The standard InChI is InChI=1S/C22H25N3O2S/c1-16(2)24(13-18-7-5-4-6-8-18)22(27)15-28-14-19-11-21(26)25-12-17(3)9-10-20(25)23-19/h4-12,16H,13-15H2,1-3H3. The van der Waals surface area contributed by atoms with Crippen LogP contribution >= 0.6 is 11.8 Å². The van der Waals surface area contributed by atoms with E-state index in [9.17, 15) is 9.59 Å². The first-order valence-corrected chi connectivity index (χ1v) is 10.5. The second-order valence-electron chi connectivity index (χ2n) is 7.11. The summed E-state index contributed by atoms with van der Waals surface area (Å²) in [5.74, 6) is 0.986. The first-order valence-electron chi connectivity index (χ1n) is 9.34. The molecular weight excluding hydrogens is 370 g/mol. The van der Waals surface area contributed by atoms with Crippen LogP contribution in [0.15, 0.2) is 59.5 Å². The monoisotopic (exact) mass is 395 g/mol. The molecule has 146 valence electrons. The molecule has 6 heteroatoms. The SMILES string of the molecule is Cc1ccc2nc(CSCC(=O)N(Cc3ccccc3)C(C)C)cc(=O)n2c1. The number of aromatic nitrogens is 2. The van der Waals surface area contributed by atoms with E-state index in [4.69, 9.17) is 0 Å². The van der Waals surface area contributed by atoms with Gasteiger partial charge in [0.25, 0.3) is 5.56 Å². The number of hydrogen-bond donors (Lipinski definition) is 0. The number of nitrogens with zero attached hydrogens (tertiary/aromatic N) is 3. The first-order chi connectivity index (χ1) is 13.4. The summed E-state index contributed by atoms with van der Waals surface area (Å²) in [6.45, 7) is 6.60. The van der Waals surface area contributed by atoms with Crippen molar-refractivity contribution in [2.75, 3.05) is 5.75 Å². The smallest absolute Gasteiger partial charge is 0.258 e. The summed E-state index contributed by atoms with van der Waals surface area (Å²) in [5.41, 5.74) is 3.37. The molecular formula is C22H25N3O2S. The molecule has 2 aromatic heterocycles. The van der Waals surface area contributed by atoms with Crippen LogP contribution < -0.4 is 5.56 Å². The van der Waals surface area contributed by atoms with Gasteiger partial charge in [-0.15, -0.1) is 11.8 Å². The van der Waals surface area contributed by atoms with E-state index >= 15 is 0 Å². The van der Waals surface area contributed by atoms with Crippen LogP contribution in [0.4, 0.5) is 0 Å². The van der Waals surface area contributed by atoms with Gasteiger partial charge in [-0.25, -0.2) is 4.98 Å². The highest BCUT2D eigenvalue weighted by Crippen LogP contribution is 2.15. The lowest BCUT2D eigenvalue weighted by molar-refractivity contribution is -0.130. The fourth-order valence-electron chi connectivity index (χ4n) is 3.00. The minimum atomic E-state index is -0.0940. The van der Waals surface area contributed by atoms with Crippen molar-refractivity contribution in [1.82, 2.24) is 14.3 Å². The topological polar surface area (TPSA) is 54.7 Å². The summed E-state index contributed by atoms with van der Waals surface area (Å²) >= 11 is 1.49. The predicted octanol–water partition coefficient (Wildman–Crippen LogP) is 3.67. The van der Waals surface area contributed by atoms with Crippen LogP contribution in [0.2, 0.25) is 0 Å². The van der Waals surface area contributed by atoms with E-state index in [0.717, 1.165) is 11.1 Å². The van der Waals surface area contributed by atoms with Crippen molar-refractivity contribution >= 4 is 23.3 Å². The minimum absolute atomic E-state index is 0.0940.